The van der Waals surface area contributed by atoms with E-state index in [0.717, 1.165) is 31.4 Å². The molecule has 1 aliphatic heterocycles. The smallest absolute Gasteiger partial charge is 0.223 e. The molecule has 0 saturated carbocycles. The molecule has 0 aliphatic carbocycles. The molecule has 1 fully saturated rings. The molecule has 1 aromatic rings. The van der Waals surface area contributed by atoms with Gasteiger partial charge in [0.05, 0.1) is 6.04 Å². The Kier molecular flexibility index (Phi) is 4.70. The van der Waals surface area contributed by atoms with Crippen molar-refractivity contribution in [2.75, 3.05) is 13.2 Å². The number of aliphatic hydroxyl groups excluding tert-OH is 1. The molecule has 0 radical (unpaired) electrons. The van der Waals surface area contributed by atoms with E-state index in [9.17, 15) is 4.79 Å². The van der Waals surface area contributed by atoms with E-state index in [2.05, 4.69) is 4.98 Å². The zero-order valence-electron chi connectivity index (χ0n) is 10.6. The van der Waals surface area contributed by atoms with E-state index in [1.54, 1.807) is 6.20 Å². The number of carbonyl (C=O) groups excluding carboxylic acids is 1. The van der Waals surface area contributed by atoms with E-state index in [-0.39, 0.29) is 18.6 Å². The summed E-state index contributed by atoms with van der Waals surface area (Å²) >= 11 is 0. The van der Waals surface area contributed by atoms with Crippen LogP contribution in [0.3, 0.4) is 0 Å². The molecule has 98 valence electrons. The van der Waals surface area contributed by atoms with E-state index < -0.39 is 0 Å². The SMILES string of the molecule is O=C(CCCCO)N1CCCC1c1cccnc1. The standard InChI is InChI=1S/C14H20N2O2/c17-10-2-1-7-14(18)16-9-4-6-13(16)12-5-3-8-15-11-12/h3,5,8,11,13,17H,1-2,4,6-7,9-10H2. The number of carbonyl (C=O) groups is 1. The lowest BCUT2D eigenvalue weighted by molar-refractivity contribution is -0.132. The van der Waals surface area contributed by atoms with Gasteiger partial charge in [-0.15, -0.1) is 0 Å². The number of rotatable bonds is 5. The highest BCUT2D eigenvalue weighted by molar-refractivity contribution is 5.77. The molecular weight excluding hydrogens is 228 g/mol. The quantitative estimate of drug-likeness (QED) is 0.810. The van der Waals surface area contributed by atoms with Crippen molar-refractivity contribution < 1.29 is 9.90 Å². The monoisotopic (exact) mass is 248 g/mol. The lowest BCUT2D eigenvalue weighted by atomic mass is 10.1. The molecule has 4 heteroatoms. The summed E-state index contributed by atoms with van der Waals surface area (Å²) in [5.74, 6) is 0.204. The van der Waals surface area contributed by atoms with Crippen LogP contribution in [-0.4, -0.2) is 34.0 Å². The van der Waals surface area contributed by atoms with Crippen molar-refractivity contribution in [2.45, 2.75) is 38.1 Å². The minimum atomic E-state index is 0.166. The molecule has 2 heterocycles. The predicted octanol–water partition coefficient (Wildman–Crippen LogP) is 1.91. The fourth-order valence-electron chi connectivity index (χ4n) is 2.52. The zero-order chi connectivity index (χ0) is 12.8. The van der Waals surface area contributed by atoms with Crippen LogP contribution in [0.4, 0.5) is 0 Å². The van der Waals surface area contributed by atoms with Gasteiger partial charge in [-0.2, -0.15) is 0 Å². The highest BCUT2D eigenvalue weighted by Crippen LogP contribution is 2.31. The van der Waals surface area contributed by atoms with Crippen LogP contribution in [-0.2, 0) is 4.79 Å². The summed E-state index contributed by atoms with van der Waals surface area (Å²) in [5, 5.41) is 8.74. The summed E-state index contributed by atoms with van der Waals surface area (Å²) in [6.45, 7) is 1.01. The van der Waals surface area contributed by atoms with Gasteiger partial charge in [-0.1, -0.05) is 6.07 Å². The Balaban J connectivity index is 1.97. The molecule has 1 unspecified atom stereocenters. The van der Waals surface area contributed by atoms with Crippen molar-refractivity contribution in [3.05, 3.63) is 30.1 Å². The van der Waals surface area contributed by atoms with E-state index >= 15 is 0 Å². The molecule has 1 saturated heterocycles. The number of nitrogens with zero attached hydrogens (tertiary/aromatic N) is 2. The molecule has 0 aromatic carbocycles. The van der Waals surface area contributed by atoms with Gasteiger partial charge in [0, 0.05) is 32.0 Å². The number of amides is 1. The van der Waals surface area contributed by atoms with Crippen molar-refractivity contribution in [1.82, 2.24) is 9.88 Å². The first kappa shape index (κ1) is 13.0. The van der Waals surface area contributed by atoms with Crippen molar-refractivity contribution in [2.24, 2.45) is 0 Å². The van der Waals surface area contributed by atoms with Crippen molar-refractivity contribution in [1.29, 1.82) is 0 Å². The van der Waals surface area contributed by atoms with Crippen LogP contribution in [0.15, 0.2) is 24.5 Å². The molecule has 1 aliphatic rings. The number of unbranched alkanes of at least 4 members (excludes halogenated alkanes) is 1. The Morgan fingerprint density at radius 1 is 1.50 bits per heavy atom. The Morgan fingerprint density at radius 2 is 2.39 bits per heavy atom. The number of hydrogen-bond donors (Lipinski definition) is 1. The Morgan fingerprint density at radius 3 is 3.11 bits per heavy atom. The van der Waals surface area contributed by atoms with Gasteiger partial charge in [0.15, 0.2) is 0 Å². The van der Waals surface area contributed by atoms with Crippen molar-refractivity contribution in [3.8, 4) is 0 Å². The molecule has 0 bridgehead atoms. The first-order valence-electron chi connectivity index (χ1n) is 6.63. The highest BCUT2D eigenvalue weighted by Gasteiger charge is 2.29. The third-order valence-corrected chi connectivity index (χ3v) is 3.44. The van der Waals surface area contributed by atoms with Crippen LogP contribution in [0.5, 0.6) is 0 Å². The molecule has 1 amide bonds. The normalized spacial score (nSPS) is 19.2. The van der Waals surface area contributed by atoms with Gasteiger partial charge in [0.2, 0.25) is 5.91 Å². The number of likely N-dealkylation sites (tertiary alicyclic amines) is 1. The number of aliphatic hydroxyl groups is 1. The number of pyridine rings is 1. The van der Waals surface area contributed by atoms with Gasteiger partial charge in [-0.25, -0.2) is 0 Å². The summed E-state index contributed by atoms with van der Waals surface area (Å²) < 4.78 is 0. The molecular formula is C14H20N2O2. The lowest BCUT2D eigenvalue weighted by Gasteiger charge is -2.24. The van der Waals surface area contributed by atoms with Gasteiger partial charge in [-0.3, -0.25) is 9.78 Å². The maximum atomic E-state index is 12.1. The summed E-state index contributed by atoms with van der Waals surface area (Å²) in [5.41, 5.74) is 1.13. The van der Waals surface area contributed by atoms with Crippen LogP contribution in [0.1, 0.15) is 43.7 Å². The Hall–Kier alpha value is -1.42. The molecule has 1 N–H and O–H groups in total. The van der Waals surface area contributed by atoms with Crippen LogP contribution in [0.25, 0.3) is 0 Å². The van der Waals surface area contributed by atoms with Crippen LogP contribution >= 0.6 is 0 Å². The molecule has 0 spiro atoms. The highest BCUT2D eigenvalue weighted by atomic mass is 16.3. The number of aromatic nitrogens is 1. The molecule has 1 atom stereocenters. The average molecular weight is 248 g/mol. The van der Waals surface area contributed by atoms with Gasteiger partial charge >= 0.3 is 0 Å². The van der Waals surface area contributed by atoms with Crippen molar-refractivity contribution in [3.63, 3.8) is 0 Å². The molecule has 1 aromatic heterocycles. The first-order valence-corrected chi connectivity index (χ1v) is 6.63. The largest absolute Gasteiger partial charge is 0.396 e. The van der Waals surface area contributed by atoms with Gasteiger partial charge in [0.1, 0.15) is 0 Å². The van der Waals surface area contributed by atoms with Gasteiger partial charge in [0.25, 0.3) is 0 Å². The van der Waals surface area contributed by atoms with Crippen LogP contribution < -0.4 is 0 Å². The van der Waals surface area contributed by atoms with Crippen LogP contribution in [0.2, 0.25) is 0 Å². The number of hydrogen-bond acceptors (Lipinski definition) is 3. The second kappa shape index (κ2) is 6.50. The second-order valence-electron chi connectivity index (χ2n) is 4.71. The van der Waals surface area contributed by atoms with Crippen LogP contribution in [0, 0.1) is 0 Å². The second-order valence-corrected chi connectivity index (χ2v) is 4.71. The maximum absolute atomic E-state index is 12.1. The fraction of sp³-hybridized carbons (Fsp3) is 0.571. The maximum Gasteiger partial charge on any atom is 0.223 e. The Bertz CT molecular complexity index is 381. The third kappa shape index (κ3) is 3.07. The Labute approximate surface area is 108 Å². The van der Waals surface area contributed by atoms with E-state index in [1.807, 2.05) is 23.2 Å². The molecule has 4 nitrogen and oxygen atoms in total. The minimum absolute atomic E-state index is 0.166. The summed E-state index contributed by atoms with van der Waals surface area (Å²) in [6, 6.07) is 4.15. The minimum Gasteiger partial charge on any atom is -0.396 e. The molecule has 2 rings (SSSR count). The summed E-state index contributed by atoms with van der Waals surface area (Å²) in [6.07, 6.45) is 7.71. The van der Waals surface area contributed by atoms with Gasteiger partial charge < -0.3 is 10.0 Å². The first-order chi connectivity index (χ1) is 8.83. The third-order valence-electron chi connectivity index (χ3n) is 3.44. The van der Waals surface area contributed by atoms with E-state index in [4.69, 9.17) is 5.11 Å². The average Bonchev–Trinajstić information content (AvgIpc) is 2.89. The van der Waals surface area contributed by atoms with E-state index in [0.29, 0.717) is 12.8 Å². The molecule has 18 heavy (non-hydrogen) atoms. The topological polar surface area (TPSA) is 53.4 Å². The summed E-state index contributed by atoms with van der Waals surface area (Å²) in [7, 11) is 0. The lowest BCUT2D eigenvalue weighted by Crippen LogP contribution is -2.30. The van der Waals surface area contributed by atoms with Crippen molar-refractivity contribution >= 4 is 5.91 Å². The van der Waals surface area contributed by atoms with Gasteiger partial charge in [-0.05, 0) is 37.3 Å². The predicted molar refractivity (Wildman–Crippen MR) is 68.9 cm³/mol. The van der Waals surface area contributed by atoms with E-state index in [1.165, 1.54) is 0 Å². The zero-order valence-corrected chi connectivity index (χ0v) is 10.6. The summed E-state index contributed by atoms with van der Waals surface area (Å²) in [4.78, 5) is 18.2. The fourth-order valence-corrected chi connectivity index (χ4v) is 2.52.